The number of nitrogens with one attached hydrogen (secondary N) is 1. The summed E-state index contributed by atoms with van der Waals surface area (Å²) in [6.45, 7) is 1.51. The van der Waals surface area contributed by atoms with Crippen LogP contribution in [0.15, 0.2) is 0 Å². The van der Waals surface area contributed by atoms with Gasteiger partial charge in [-0.05, 0) is 6.92 Å². The van der Waals surface area contributed by atoms with Crippen molar-refractivity contribution in [2.24, 2.45) is 5.73 Å². The number of carboxylic acids is 1. The summed E-state index contributed by atoms with van der Waals surface area (Å²) in [6.07, 6.45) is -0.938. The maximum absolute atomic E-state index is 11.3. The number of ketones is 1. The van der Waals surface area contributed by atoms with E-state index in [2.05, 4.69) is 5.32 Å². The molecule has 0 radical (unpaired) electrons. The van der Waals surface area contributed by atoms with Gasteiger partial charge in [0.1, 0.15) is 12.1 Å². The molecule has 1 fully saturated rings. The van der Waals surface area contributed by atoms with Crippen molar-refractivity contribution in [1.29, 1.82) is 0 Å². The smallest absolute Gasteiger partial charge is 0.321 e. The van der Waals surface area contributed by atoms with E-state index in [9.17, 15) is 14.7 Å². The first-order valence-corrected chi connectivity index (χ1v) is 6.04. The van der Waals surface area contributed by atoms with Gasteiger partial charge < -0.3 is 15.9 Å². The van der Waals surface area contributed by atoms with E-state index < -0.39 is 29.9 Å². The number of hydrogen-bond donors (Lipinski definition) is 4. The second kappa shape index (κ2) is 5.62. The summed E-state index contributed by atoms with van der Waals surface area (Å²) < 4.78 is 0. The van der Waals surface area contributed by atoms with Crippen molar-refractivity contribution in [2.45, 2.75) is 36.9 Å². The second-order valence-corrected chi connectivity index (χ2v) is 5.06. The van der Waals surface area contributed by atoms with Gasteiger partial charge in [-0.15, -0.1) is 11.8 Å². The topological polar surface area (TPSA) is 113 Å². The SMILES string of the molecule is C[C@H](N)C(=O)C(O)CC1NC(C(=O)O)CS1. The fourth-order valence-electron chi connectivity index (χ4n) is 1.43. The fourth-order valence-corrected chi connectivity index (χ4v) is 2.68. The summed E-state index contributed by atoms with van der Waals surface area (Å²) in [7, 11) is 0. The van der Waals surface area contributed by atoms with Crippen LogP contribution in [0.5, 0.6) is 0 Å². The molecule has 5 N–H and O–H groups in total. The average molecular weight is 248 g/mol. The highest BCUT2D eigenvalue weighted by atomic mass is 32.2. The van der Waals surface area contributed by atoms with Crippen LogP contribution in [0.25, 0.3) is 0 Å². The van der Waals surface area contributed by atoms with E-state index in [1.807, 2.05) is 0 Å². The van der Waals surface area contributed by atoms with Crippen molar-refractivity contribution in [1.82, 2.24) is 5.32 Å². The largest absolute Gasteiger partial charge is 0.480 e. The van der Waals surface area contributed by atoms with Crippen LogP contribution >= 0.6 is 11.8 Å². The molecule has 0 aromatic heterocycles. The number of hydrogen-bond acceptors (Lipinski definition) is 6. The highest BCUT2D eigenvalue weighted by Crippen LogP contribution is 2.23. The Hall–Kier alpha value is -0.630. The van der Waals surface area contributed by atoms with Gasteiger partial charge in [0.2, 0.25) is 0 Å². The Balaban J connectivity index is 2.39. The summed E-state index contributed by atoms with van der Waals surface area (Å²) in [6, 6.07) is -1.30. The van der Waals surface area contributed by atoms with E-state index in [0.29, 0.717) is 5.75 Å². The number of carboxylic acid groups (broad SMARTS) is 1. The molecule has 0 bridgehead atoms. The number of carbonyl (C=O) groups excluding carboxylic acids is 1. The maximum atomic E-state index is 11.3. The number of aliphatic hydroxyl groups is 1. The number of Topliss-reactive ketones (excluding diaryl/α,β-unsaturated/α-hetero) is 1. The monoisotopic (exact) mass is 248 g/mol. The Morgan fingerprint density at radius 3 is 2.69 bits per heavy atom. The quantitative estimate of drug-likeness (QED) is 0.482. The molecule has 1 aliphatic rings. The van der Waals surface area contributed by atoms with Crippen LogP contribution < -0.4 is 11.1 Å². The molecule has 7 heteroatoms. The standard InChI is InChI=1S/C9H16N2O4S/c1-4(10)8(13)6(12)2-7-11-5(3-16-7)9(14)15/h4-7,11-12H,2-3,10H2,1H3,(H,14,15)/t4-,5?,6?,7?/m0/s1. The molecule has 0 spiro atoms. The fraction of sp³-hybridized carbons (Fsp3) is 0.778. The van der Waals surface area contributed by atoms with Gasteiger partial charge in [0.15, 0.2) is 5.78 Å². The summed E-state index contributed by atoms with van der Waals surface area (Å²) in [5.41, 5.74) is 5.36. The van der Waals surface area contributed by atoms with Crippen LogP contribution in [0.4, 0.5) is 0 Å². The predicted octanol–water partition coefficient (Wildman–Crippen LogP) is -1.23. The molecule has 6 nitrogen and oxygen atoms in total. The number of rotatable bonds is 5. The molecule has 16 heavy (non-hydrogen) atoms. The molecule has 0 amide bonds. The van der Waals surface area contributed by atoms with E-state index in [1.165, 1.54) is 18.7 Å². The molecule has 0 aliphatic carbocycles. The van der Waals surface area contributed by atoms with Crippen molar-refractivity contribution in [3.05, 3.63) is 0 Å². The zero-order valence-corrected chi connectivity index (χ0v) is 9.74. The predicted molar refractivity (Wildman–Crippen MR) is 60.1 cm³/mol. The minimum atomic E-state index is -1.13. The van der Waals surface area contributed by atoms with Gasteiger partial charge in [-0.25, -0.2) is 0 Å². The number of thioether (sulfide) groups is 1. The lowest BCUT2D eigenvalue weighted by atomic mass is 10.1. The first-order valence-electron chi connectivity index (χ1n) is 4.99. The maximum Gasteiger partial charge on any atom is 0.321 e. The van der Waals surface area contributed by atoms with Gasteiger partial charge in [0.25, 0.3) is 0 Å². The zero-order chi connectivity index (χ0) is 12.3. The number of carbonyl (C=O) groups is 2. The van der Waals surface area contributed by atoms with Gasteiger partial charge in [0, 0.05) is 12.2 Å². The summed E-state index contributed by atoms with van der Waals surface area (Å²) >= 11 is 1.39. The molecular formula is C9H16N2O4S. The minimum absolute atomic E-state index is 0.189. The van der Waals surface area contributed by atoms with Gasteiger partial charge in [-0.1, -0.05) is 0 Å². The molecule has 1 saturated heterocycles. The van der Waals surface area contributed by atoms with Gasteiger partial charge in [-0.3, -0.25) is 14.9 Å². The van der Waals surface area contributed by atoms with Gasteiger partial charge in [0.05, 0.1) is 11.4 Å². The van der Waals surface area contributed by atoms with Crippen LogP contribution in [0.1, 0.15) is 13.3 Å². The second-order valence-electron chi connectivity index (χ2n) is 3.82. The van der Waals surface area contributed by atoms with Crippen LogP contribution in [0.2, 0.25) is 0 Å². The molecule has 0 aromatic carbocycles. The van der Waals surface area contributed by atoms with Gasteiger partial charge in [-0.2, -0.15) is 0 Å². The van der Waals surface area contributed by atoms with E-state index in [0.717, 1.165) is 0 Å². The van der Waals surface area contributed by atoms with Crippen molar-refractivity contribution >= 4 is 23.5 Å². The van der Waals surface area contributed by atoms with Crippen molar-refractivity contribution in [3.8, 4) is 0 Å². The first kappa shape index (κ1) is 13.4. The number of aliphatic hydroxyl groups excluding tert-OH is 1. The lowest BCUT2D eigenvalue weighted by Crippen LogP contribution is -2.41. The van der Waals surface area contributed by atoms with Crippen molar-refractivity contribution < 1.29 is 19.8 Å². The van der Waals surface area contributed by atoms with Crippen LogP contribution in [-0.2, 0) is 9.59 Å². The molecule has 4 atom stereocenters. The minimum Gasteiger partial charge on any atom is -0.480 e. The third kappa shape index (κ3) is 3.44. The molecule has 0 saturated carbocycles. The molecule has 3 unspecified atom stereocenters. The summed E-state index contributed by atoms with van der Waals surface area (Å²) in [4.78, 5) is 22.0. The van der Waals surface area contributed by atoms with Crippen LogP contribution in [0, 0.1) is 0 Å². The highest BCUT2D eigenvalue weighted by Gasteiger charge is 2.32. The van der Waals surface area contributed by atoms with E-state index in [4.69, 9.17) is 10.8 Å². The number of nitrogens with two attached hydrogens (primary N) is 1. The Morgan fingerprint density at radius 2 is 2.25 bits per heavy atom. The van der Waals surface area contributed by atoms with Crippen molar-refractivity contribution in [3.63, 3.8) is 0 Å². The molecule has 0 aromatic rings. The Labute approximate surface area is 97.6 Å². The molecule has 92 valence electrons. The average Bonchev–Trinajstić information content (AvgIpc) is 2.64. The molecule has 1 heterocycles. The Bertz CT molecular complexity index is 285. The molecular weight excluding hydrogens is 232 g/mol. The normalized spacial score (nSPS) is 28.7. The molecule has 1 rings (SSSR count). The number of aliphatic carboxylic acids is 1. The van der Waals surface area contributed by atoms with E-state index in [-0.39, 0.29) is 11.8 Å². The Morgan fingerprint density at radius 1 is 1.62 bits per heavy atom. The van der Waals surface area contributed by atoms with Crippen molar-refractivity contribution in [2.75, 3.05) is 5.75 Å². The van der Waals surface area contributed by atoms with Gasteiger partial charge >= 0.3 is 5.97 Å². The third-order valence-electron chi connectivity index (χ3n) is 2.36. The lowest BCUT2D eigenvalue weighted by molar-refractivity contribution is -0.138. The van der Waals surface area contributed by atoms with E-state index >= 15 is 0 Å². The first-order chi connectivity index (χ1) is 7.41. The summed E-state index contributed by atoms with van der Waals surface area (Å²) in [5.74, 6) is -0.886. The Kier molecular flexibility index (Phi) is 4.72. The zero-order valence-electron chi connectivity index (χ0n) is 8.92. The summed E-state index contributed by atoms with van der Waals surface area (Å²) in [5, 5.41) is 20.9. The van der Waals surface area contributed by atoms with Crippen LogP contribution in [-0.4, -0.2) is 51.3 Å². The third-order valence-corrected chi connectivity index (χ3v) is 3.62. The van der Waals surface area contributed by atoms with E-state index in [1.54, 1.807) is 0 Å². The lowest BCUT2D eigenvalue weighted by Gasteiger charge is -2.16. The van der Waals surface area contributed by atoms with Crippen LogP contribution in [0.3, 0.4) is 0 Å². The highest BCUT2D eigenvalue weighted by molar-refractivity contribution is 8.00. The molecule has 1 aliphatic heterocycles.